The first-order chi connectivity index (χ1) is 14.5. The van der Waals surface area contributed by atoms with Crippen LogP contribution >= 0.6 is 0 Å². The normalized spacial score (nSPS) is 17.1. The molecule has 0 spiro atoms. The molecule has 154 valence electrons. The fourth-order valence-corrected chi connectivity index (χ4v) is 4.16. The summed E-state index contributed by atoms with van der Waals surface area (Å²) in [5, 5.41) is 9.63. The molecule has 1 amide bonds. The van der Waals surface area contributed by atoms with Gasteiger partial charge in [-0.05, 0) is 29.3 Å². The second-order valence-corrected chi connectivity index (χ2v) is 7.66. The largest absolute Gasteiger partial charge is 0.374 e. The van der Waals surface area contributed by atoms with Gasteiger partial charge in [-0.2, -0.15) is 5.26 Å². The summed E-state index contributed by atoms with van der Waals surface area (Å²) in [5.41, 5.74) is 5.31. The van der Waals surface area contributed by atoms with Crippen molar-refractivity contribution in [1.29, 1.82) is 5.26 Å². The number of nitriles is 1. The van der Waals surface area contributed by atoms with E-state index in [4.69, 9.17) is 0 Å². The highest BCUT2D eigenvalue weighted by molar-refractivity contribution is 6.00. The second kappa shape index (κ2) is 8.07. The summed E-state index contributed by atoms with van der Waals surface area (Å²) in [6.07, 6.45) is 3.87. The number of halogens is 1. The molecule has 2 aliphatic heterocycles. The van der Waals surface area contributed by atoms with Crippen molar-refractivity contribution in [2.45, 2.75) is 6.92 Å². The Bertz CT molecular complexity index is 1050. The molecule has 1 aromatic carbocycles. The Hall–Kier alpha value is -3.53. The lowest BCUT2D eigenvalue weighted by molar-refractivity contribution is -0.130. The third-order valence-corrected chi connectivity index (χ3v) is 5.69. The van der Waals surface area contributed by atoms with Gasteiger partial charge in [0, 0.05) is 70.2 Å². The van der Waals surface area contributed by atoms with Crippen LogP contribution in [-0.2, 0) is 4.79 Å². The number of H-pyrrole nitrogens is 1. The second-order valence-electron chi connectivity index (χ2n) is 7.66. The highest BCUT2D eigenvalue weighted by atomic mass is 19.1. The highest BCUT2D eigenvalue weighted by Gasteiger charge is 2.29. The van der Waals surface area contributed by atoms with Gasteiger partial charge >= 0.3 is 0 Å². The van der Waals surface area contributed by atoms with Crippen LogP contribution in [0.5, 0.6) is 0 Å². The number of aromatic amines is 1. The summed E-state index contributed by atoms with van der Waals surface area (Å²) in [4.78, 5) is 21.0. The molecule has 0 atom stereocenters. The molecule has 2 aromatic rings. The summed E-state index contributed by atoms with van der Waals surface area (Å²) < 4.78 is 13.6. The van der Waals surface area contributed by atoms with Crippen molar-refractivity contribution in [2.24, 2.45) is 0 Å². The van der Waals surface area contributed by atoms with Crippen LogP contribution in [0.2, 0.25) is 0 Å². The van der Waals surface area contributed by atoms with Crippen LogP contribution in [0.3, 0.4) is 0 Å². The van der Waals surface area contributed by atoms with Crippen molar-refractivity contribution in [3.8, 4) is 6.07 Å². The van der Waals surface area contributed by atoms with E-state index in [0.29, 0.717) is 38.4 Å². The Morgan fingerprint density at radius 2 is 1.83 bits per heavy atom. The molecule has 0 unspecified atom stereocenters. The SMILES string of the molecule is CC(=O)N1CCN(C2=CN(C)CC(c3ccc(F)cc3)=C2c2cc[nH]c2C#N)CC1. The first kappa shape index (κ1) is 19.8. The number of hydrogen-bond acceptors (Lipinski definition) is 4. The van der Waals surface area contributed by atoms with E-state index in [9.17, 15) is 14.4 Å². The fourth-order valence-electron chi connectivity index (χ4n) is 4.16. The maximum absolute atomic E-state index is 13.6. The average Bonchev–Trinajstić information content (AvgIpc) is 3.22. The molecule has 1 saturated heterocycles. The molecule has 2 aliphatic rings. The number of piperazine rings is 1. The average molecular weight is 405 g/mol. The maximum atomic E-state index is 13.6. The number of hydrogen-bond donors (Lipinski definition) is 1. The zero-order valence-electron chi connectivity index (χ0n) is 17.2. The van der Waals surface area contributed by atoms with E-state index in [1.54, 1.807) is 25.3 Å². The van der Waals surface area contributed by atoms with Crippen LogP contribution in [0.4, 0.5) is 4.39 Å². The Morgan fingerprint density at radius 1 is 1.13 bits per heavy atom. The van der Waals surface area contributed by atoms with Crippen LogP contribution in [0.25, 0.3) is 11.1 Å². The zero-order chi connectivity index (χ0) is 21.3. The minimum atomic E-state index is -0.277. The van der Waals surface area contributed by atoms with E-state index >= 15 is 0 Å². The molecule has 6 nitrogen and oxygen atoms in total. The molecule has 3 heterocycles. The lowest BCUT2D eigenvalue weighted by atomic mass is 9.89. The number of carbonyl (C=O) groups excluding carboxylic acids is 1. The molecule has 0 radical (unpaired) electrons. The monoisotopic (exact) mass is 405 g/mol. The number of benzene rings is 1. The Kier molecular flexibility index (Phi) is 5.32. The number of aromatic nitrogens is 1. The van der Waals surface area contributed by atoms with Gasteiger partial charge in [-0.25, -0.2) is 4.39 Å². The number of nitrogens with zero attached hydrogens (tertiary/aromatic N) is 4. The lowest BCUT2D eigenvalue weighted by Crippen LogP contribution is -2.48. The first-order valence-electron chi connectivity index (χ1n) is 9.97. The molecular weight excluding hydrogens is 381 g/mol. The predicted molar refractivity (Wildman–Crippen MR) is 113 cm³/mol. The van der Waals surface area contributed by atoms with Gasteiger partial charge in [0.25, 0.3) is 0 Å². The van der Waals surface area contributed by atoms with E-state index in [-0.39, 0.29) is 11.7 Å². The van der Waals surface area contributed by atoms with Crippen LogP contribution in [0.15, 0.2) is 48.4 Å². The summed E-state index contributed by atoms with van der Waals surface area (Å²) in [7, 11) is 2.01. The zero-order valence-corrected chi connectivity index (χ0v) is 17.2. The van der Waals surface area contributed by atoms with Gasteiger partial charge in [0.2, 0.25) is 5.91 Å². The van der Waals surface area contributed by atoms with Crippen molar-refractivity contribution in [3.05, 3.63) is 71.1 Å². The molecule has 1 fully saturated rings. The quantitative estimate of drug-likeness (QED) is 0.853. The van der Waals surface area contributed by atoms with Gasteiger partial charge in [-0.3, -0.25) is 4.79 Å². The molecule has 1 N–H and O–H groups in total. The van der Waals surface area contributed by atoms with Crippen molar-refractivity contribution in [1.82, 2.24) is 19.7 Å². The highest BCUT2D eigenvalue weighted by Crippen LogP contribution is 2.39. The van der Waals surface area contributed by atoms with Gasteiger partial charge in [0.1, 0.15) is 17.6 Å². The van der Waals surface area contributed by atoms with Gasteiger partial charge in [0.05, 0.1) is 5.70 Å². The van der Waals surface area contributed by atoms with Crippen LogP contribution < -0.4 is 0 Å². The molecular formula is C23H24FN5O. The van der Waals surface area contributed by atoms with Gasteiger partial charge < -0.3 is 19.7 Å². The minimum Gasteiger partial charge on any atom is -0.374 e. The van der Waals surface area contributed by atoms with E-state index < -0.39 is 0 Å². The van der Waals surface area contributed by atoms with Crippen LogP contribution in [-0.4, -0.2) is 65.4 Å². The van der Waals surface area contributed by atoms with E-state index in [2.05, 4.69) is 27.1 Å². The van der Waals surface area contributed by atoms with Gasteiger partial charge in [-0.15, -0.1) is 0 Å². The van der Waals surface area contributed by atoms with Crippen molar-refractivity contribution >= 4 is 17.1 Å². The fraction of sp³-hybridized carbons (Fsp3) is 0.304. The molecule has 0 bridgehead atoms. The van der Waals surface area contributed by atoms with Crippen LogP contribution in [0, 0.1) is 17.1 Å². The van der Waals surface area contributed by atoms with Gasteiger partial charge in [0.15, 0.2) is 0 Å². The van der Waals surface area contributed by atoms with Gasteiger partial charge in [-0.1, -0.05) is 12.1 Å². The smallest absolute Gasteiger partial charge is 0.219 e. The standard InChI is InChI=1S/C23H24FN5O/c1-16(30)28-9-11-29(12-10-28)22-15-27(2)14-20(17-3-5-18(24)6-4-17)23(22)19-7-8-26-21(19)13-25/h3-8,15,26H,9-12,14H2,1-2H3. The molecule has 0 saturated carbocycles. The van der Waals surface area contributed by atoms with E-state index in [0.717, 1.165) is 28.0 Å². The number of amides is 1. The summed E-state index contributed by atoms with van der Waals surface area (Å²) in [6.45, 7) is 4.99. The van der Waals surface area contributed by atoms with E-state index in [1.165, 1.54) is 12.1 Å². The molecule has 1 aromatic heterocycles. The lowest BCUT2D eigenvalue weighted by Gasteiger charge is -2.40. The number of rotatable bonds is 3. The summed E-state index contributed by atoms with van der Waals surface area (Å²) in [5.74, 6) is -0.190. The summed E-state index contributed by atoms with van der Waals surface area (Å²) >= 11 is 0. The third kappa shape index (κ3) is 3.69. The van der Waals surface area contributed by atoms with Crippen molar-refractivity contribution in [2.75, 3.05) is 39.8 Å². The minimum absolute atomic E-state index is 0.0876. The number of allylic oxidation sites excluding steroid dienone is 1. The molecule has 4 rings (SSSR count). The Labute approximate surface area is 175 Å². The Balaban J connectivity index is 1.82. The van der Waals surface area contributed by atoms with Crippen LogP contribution in [0.1, 0.15) is 23.7 Å². The molecule has 7 heteroatoms. The summed E-state index contributed by atoms with van der Waals surface area (Å²) in [6, 6.07) is 10.7. The Morgan fingerprint density at radius 3 is 2.47 bits per heavy atom. The number of carbonyl (C=O) groups is 1. The topological polar surface area (TPSA) is 66.4 Å². The first-order valence-corrected chi connectivity index (χ1v) is 9.97. The van der Waals surface area contributed by atoms with E-state index in [1.807, 2.05) is 18.0 Å². The maximum Gasteiger partial charge on any atom is 0.219 e. The molecule has 0 aliphatic carbocycles. The third-order valence-electron chi connectivity index (χ3n) is 5.69. The van der Waals surface area contributed by atoms with Crippen molar-refractivity contribution < 1.29 is 9.18 Å². The van der Waals surface area contributed by atoms with Crippen molar-refractivity contribution in [3.63, 3.8) is 0 Å². The number of nitrogens with one attached hydrogen (secondary N) is 1. The molecule has 30 heavy (non-hydrogen) atoms. The number of likely N-dealkylation sites (N-methyl/N-ethyl adjacent to an activating group) is 1. The predicted octanol–water partition coefficient (Wildman–Crippen LogP) is 2.89.